The van der Waals surface area contributed by atoms with Crippen molar-refractivity contribution in [3.63, 3.8) is 0 Å². The molecule has 0 saturated heterocycles. The maximum absolute atomic E-state index is 12.2. The average Bonchev–Trinajstić information content (AvgIpc) is 2.97. The van der Waals surface area contributed by atoms with Gasteiger partial charge in [0.05, 0.1) is 0 Å². The molecular formula is C18H18N2OS. The van der Waals surface area contributed by atoms with Gasteiger partial charge in [-0.05, 0) is 28.0 Å². The van der Waals surface area contributed by atoms with Gasteiger partial charge in [0.15, 0.2) is 0 Å². The van der Waals surface area contributed by atoms with Crippen molar-refractivity contribution in [2.24, 2.45) is 0 Å². The van der Waals surface area contributed by atoms with E-state index in [0.29, 0.717) is 13.1 Å². The van der Waals surface area contributed by atoms with Crippen LogP contribution in [0.25, 0.3) is 10.1 Å². The molecule has 0 unspecified atom stereocenters. The van der Waals surface area contributed by atoms with Crippen LogP contribution in [0.5, 0.6) is 0 Å². The Morgan fingerprint density at radius 3 is 2.64 bits per heavy atom. The van der Waals surface area contributed by atoms with E-state index in [0.717, 1.165) is 5.56 Å². The molecule has 0 saturated carbocycles. The SMILES string of the molecule is CN(Cc1ccccc1)C(=O)NCc1csc2ccccc12. The molecular weight excluding hydrogens is 292 g/mol. The van der Waals surface area contributed by atoms with Crippen LogP contribution in [0.1, 0.15) is 11.1 Å². The van der Waals surface area contributed by atoms with Crippen LogP contribution in [-0.2, 0) is 13.1 Å². The number of nitrogens with zero attached hydrogens (tertiary/aromatic N) is 1. The first kappa shape index (κ1) is 14.6. The van der Waals surface area contributed by atoms with Crippen molar-refractivity contribution in [1.29, 1.82) is 0 Å². The zero-order chi connectivity index (χ0) is 15.4. The summed E-state index contributed by atoms with van der Waals surface area (Å²) in [5.41, 5.74) is 2.29. The van der Waals surface area contributed by atoms with Crippen molar-refractivity contribution < 1.29 is 4.79 Å². The molecule has 1 N–H and O–H groups in total. The van der Waals surface area contributed by atoms with Crippen LogP contribution in [0.15, 0.2) is 60.0 Å². The summed E-state index contributed by atoms with van der Waals surface area (Å²) in [6, 6.07) is 18.2. The normalized spacial score (nSPS) is 10.6. The fourth-order valence-corrected chi connectivity index (χ4v) is 3.37. The van der Waals surface area contributed by atoms with Gasteiger partial charge < -0.3 is 10.2 Å². The predicted octanol–water partition coefficient (Wildman–Crippen LogP) is 4.24. The molecule has 4 heteroatoms. The van der Waals surface area contributed by atoms with Crippen molar-refractivity contribution in [2.45, 2.75) is 13.1 Å². The lowest BCUT2D eigenvalue weighted by Gasteiger charge is -2.18. The highest BCUT2D eigenvalue weighted by Gasteiger charge is 2.10. The zero-order valence-electron chi connectivity index (χ0n) is 12.5. The third-order valence-electron chi connectivity index (χ3n) is 3.60. The van der Waals surface area contributed by atoms with Gasteiger partial charge in [-0.25, -0.2) is 4.79 Å². The third-order valence-corrected chi connectivity index (χ3v) is 4.61. The fourth-order valence-electron chi connectivity index (χ4n) is 2.40. The summed E-state index contributed by atoms with van der Waals surface area (Å²) in [4.78, 5) is 13.9. The Kier molecular flexibility index (Phi) is 4.39. The van der Waals surface area contributed by atoms with Gasteiger partial charge in [-0.15, -0.1) is 11.3 Å². The van der Waals surface area contributed by atoms with E-state index in [2.05, 4.69) is 22.8 Å². The minimum atomic E-state index is -0.0564. The molecule has 3 rings (SSSR count). The number of fused-ring (bicyclic) bond motifs is 1. The quantitative estimate of drug-likeness (QED) is 0.768. The molecule has 0 bridgehead atoms. The van der Waals surface area contributed by atoms with Crippen LogP contribution in [0.3, 0.4) is 0 Å². The molecule has 2 amide bonds. The monoisotopic (exact) mass is 310 g/mol. The van der Waals surface area contributed by atoms with Crippen LogP contribution >= 0.6 is 11.3 Å². The smallest absolute Gasteiger partial charge is 0.317 e. The number of nitrogens with one attached hydrogen (secondary N) is 1. The Balaban J connectivity index is 1.60. The van der Waals surface area contributed by atoms with Crippen molar-refractivity contribution in [3.8, 4) is 0 Å². The second kappa shape index (κ2) is 6.62. The highest BCUT2D eigenvalue weighted by atomic mass is 32.1. The molecule has 0 spiro atoms. The van der Waals surface area contributed by atoms with Crippen LogP contribution in [0.2, 0.25) is 0 Å². The minimum Gasteiger partial charge on any atom is -0.334 e. The summed E-state index contributed by atoms with van der Waals surface area (Å²) in [5, 5.41) is 6.32. The number of rotatable bonds is 4. The molecule has 2 aromatic carbocycles. The van der Waals surface area contributed by atoms with Crippen LogP contribution < -0.4 is 5.32 Å². The Morgan fingerprint density at radius 1 is 1.09 bits per heavy atom. The average molecular weight is 310 g/mol. The lowest BCUT2D eigenvalue weighted by molar-refractivity contribution is 0.206. The number of hydrogen-bond acceptors (Lipinski definition) is 2. The second-order valence-corrected chi connectivity index (χ2v) is 6.17. The molecule has 1 aromatic heterocycles. The van der Waals surface area contributed by atoms with E-state index in [1.165, 1.54) is 15.6 Å². The molecule has 0 atom stereocenters. The van der Waals surface area contributed by atoms with Crippen molar-refractivity contribution in [2.75, 3.05) is 7.05 Å². The maximum Gasteiger partial charge on any atom is 0.317 e. The highest BCUT2D eigenvalue weighted by molar-refractivity contribution is 7.17. The van der Waals surface area contributed by atoms with Crippen molar-refractivity contribution in [3.05, 3.63) is 71.1 Å². The molecule has 3 aromatic rings. The first-order valence-corrected chi connectivity index (χ1v) is 8.10. The number of urea groups is 1. The number of hydrogen-bond donors (Lipinski definition) is 1. The van der Waals surface area contributed by atoms with Crippen molar-refractivity contribution in [1.82, 2.24) is 10.2 Å². The summed E-state index contributed by atoms with van der Waals surface area (Å²) in [6.07, 6.45) is 0. The molecule has 0 aliphatic carbocycles. The molecule has 0 radical (unpaired) electrons. The van der Waals surface area contributed by atoms with E-state index in [1.54, 1.807) is 16.2 Å². The first-order chi connectivity index (χ1) is 10.7. The fraction of sp³-hybridized carbons (Fsp3) is 0.167. The van der Waals surface area contributed by atoms with E-state index in [1.807, 2.05) is 49.5 Å². The zero-order valence-corrected chi connectivity index (χ0v) is 13.3. The lowest BCUT2D eigenvalue weighted by Crippen LogP contribution is -2.36. The maximum atomic E-state index is 12.2. The van der Waals surface area contributed by atoms with Gasteiger partial charge >= 0.3 is 6.03 Å². The summed E-state index contributed by atoms with van der Waals surface area (Å²) in [5.74, 6) is 0. The molecule has 22 heavy (non-hydrogen) atoms. The number of thiophene rings is 1. The number of benzene rings is 2. The van der Waals surface area contributed by atoms with E-state index in [9.17, 15) is 4.79 Å². The molecule has 112 valence electrons. The molecule has 0 aliphatic rings. The van der Waals surface area contributed by atoms with Crippen LogP contribution in [0, 0.1) is 0 Å². The Labute approximate surface area is 134 Å². The van der Waals surface area contributed by atoms with Gasteiger partial charge in [-0.3, -0.25) is 0 Å². The third kappa shape index (κ3) is 3.28. The second-order valence-electron chi connectivity index (χ2n) is 5.26. The largest absolute Gasteiger partial charge is 0.334 e. The van der Waals surface area contributed by atoms with E-state index in [4.69, 9.17) is 0 Å². The summed E-state index contributed by atoms with van der Waals surface area (Å²) < 4.78 is 1.25. The lowest BCUT2D eigenvalue weighted by atomic mass is 10.2. The van der Waals surface area contributed by atoms with Gasteiger partial charge in [0.1, 0.15) is 0 Å². The molecule has 0 aliphatic heterocycles. The Morgan fingerprint density at radius 2 is 1.82 bits per heavy atom. The number of carbonyl (C=O) groups is 1. The first-order valence-electron chi connectivity index (χ1n) is 7.22. The highest BCUT2D eigenvalue weighted by Crippen LogP contribution is 2.25. The van der Waals surface area contributed by atoms with Crippen LogP contribution in [0.4, 0.5) is 4.79 Å². The molecule has 3 nitrogen and oxygen atoms in total. The number of amides is 2. The molecule has 1 heterocycles. The van der Waals surface area contributed by atoms with E-state index in [-0.39, 0.29) is 6.03 Å². The van der Waals surface area contributed by atoms with Gasteiger partial charge in [-0.2, -0.15) is 0 Å². The minimum absolute atomic E-state index is 0.0564. The predicted molar refractivity (Wildman–Crippen MR) is 92.0 cm³/mol. The van der Waals surface area contributed by atoms with E-state index >= 15 is 0 Å². The van der Waals surface area contributed by atoms with Crippen molar-refractivity contribution >= 4 is 27.5 Å². The topological polar surface area (TPSA) is 32.3 Å². The van der Waals surface area contributed by atoms with Gasteiger partial charge in [0, 0.05) is 24.8 Å². The standard InChI is InChI=1S/C18H18N2OS/c1-20(12-14-7-3-2-4-8-14)18(21)19-11-15-13-22-17-10-6-5-9-16(15)17/h2-10,13H,11-12H2,1H3,(H,19,21). The number of carbonyl (C=O) groups excluding carboxylic acids is 1. The van der Waals surface area contributed by atoms with Crippen LogP contribution in [-0.4, -0.2) is 18.0 Å². The summed E-state index contributed by atoms with van der Waals surface area (Å²) in [6.45, 7) is 1.17. The molecule has 0 fully saturated rings. The van der Waals surface area contributed by atoms with Gasteiger partial charge in [0.25, 0.3) is 0 Å². The summed E-state index contributed by atoms with van der Waals surface area (Å²) in [7, 11) is 1.81. The Hall–Kier alpha value is -2.33. The Bertz CT molecular complexity index is 767. The van der Waals surface area contributed by atoms with Gasteiger partial charge in [0.2, 0.25) is 0 Å². The van der Waals surface area contributed by atoms with Gasteiger partial charge in [-0.1, -0.05) is 48.5 Å². The summed E-state index contributed by atoms with van der Waals surface area (Å²) >= 11 is 1.71. The van der Waals surface area contributed by atoms with E-state index < -0.39 is 0 Å².